The lowest BCUT2D eigenvalue weighted by Gasteiger charge is -2.47. The number of rotatable bonds is 12. The van der Waals surface area contributed by atoms with Crippen LogP contribution in [-0.4, -0.2) is 181 Å². The number of hydrogen-bond acceptors (Lipinski definition) is 19. The summed E-state index contributed by atoms with van der Waals surface area (Å²) in [6, 6.07) is 4.24. The molecule has 11 N–H and O–H groups in total. The molecular formula is C28H40O19. The fourth-order valence-electron chi connectivity index (χ4n) is 5.28. The van der Waals surface area contributed by atoms with E-state index in [-0.39, 0.29) is 11.5 Å². The fraction of sp³-hybridized carbons (Fsp3) is 0.679. The van der Waals surface area contributed by atoms with Crippen molar-refractivity contribution >= 4 is 12.0 Å². The monoisotopic (exact) mass is 680 g/mol. The molecule has 14 atom stereocenters. The zero-order valence-corrected chi connectivity index (χ0v) is 24.9. The molecular weight excluding hydrogens is 640 g/mol. The summed E-state index contributed by atoms with van der Waals surface area (Å²) in [6.45, 7) is -3.47. The van der Waals surface area contributed by atoms with Crippen molar-refractivity contribution in [3.8, 4) is 11.5 Å². The lowest BCUT2D eigenvalue weighted by molar-refractivity contribution is -0.398. The van der Waals surface area contributed by atoms with Gasteiger partial charge >= 0.3 is 5.97 Å². The Hall–Kier alpha value is -2.57. The van der Waals surface area contributed by atoms with Crippen molar-refractivity contribution in [2.45, 2.75) is 85.5 Å². The van der Waals surface area contributed by atoms with E-state index in [2.05, 4.69) is 0 Å². The van der Waals surface area contributed by atoms with Gasteiger partial charge in [-0.15, -0.1) is 0 Å². The normalized spacial score (nSPS) is 40.9. The summed E-state index contributed by atoms with van der Waals surface area (Å²) in [4.78, 5) is 12.6. The molecule has 266 valence electrons. The first-order chi connectivity index (χ1) is 22.3. The number of ether oxygens (including phenoxy) is 7. The average Bonchev–Trinajstić information content (AvgIpc) is 3.31. The molecule has 3 aliphatic heterocycles. The van der Waals surface area contributed by atoms with Crippen LogP contribution >= 0.6 is 0 Å². The molecule has 0 amide bonds. The number of benzene rings is 1. The zero-order chi connectivity index (χ0) is 34.6. The van der Waals surface area contributed by atoms with E-state index >= 15 is 0 Å². The number of carbonyl (C=O) groups excluding carboxylic acids is 1. The Bertz CT molecular complexity index is 1210. The highest BCUT2D eigenvalue weighted by atomic mass is 16.8. The Labute approximate surface area is 266 Å². The molecule has 3 heterocycles. The fourth-order valence-corrected chi connectivity index (χ4v) is 5.28. The summed E-state index contributed by atoms with van der Waals surface area (Å²) in [5.74, 6) is -3.42. The van der Waals surface area contributed by atoms with Gasteiger partial charge in [0.15, 0.2) is 24.1 Å². The van der Waals surface area contributed by atoms with Gasteiger partial charge in [-0.05, 0) is 23.8 Å². The largest absolute Gasteiger partial charge is 0.504 e. The van der Waals surface area contributed by atoms with Gasteiger partial charge in [0, 0.05) is 6.08 Å². The molecule has 1 aromatic carbocycles. The van der Waals surface area contributed by atoms with Crippen molar-refractivity contribution in [1.29, 1.82) is 0 Å². The van der Waals surface area contributed by atoms with E-state index < -0.39 is 118 Å². The molecule has 0 bridgehead atoms. The minimum absolute atomic E-state index is 0.135. The van der Waals surface area contributed by atoms with E-state index in [1.807, 2.05) is 0 Å². The van der Waals surface area contributed by atoms with E-state index in [0.717, 1.165) is 6.08 Å². The number of esters is 1. The van der Waals surface area contributed by atoms with Crippen LogP contribution in [0.15, 0.2) is 24.3 Å². The Kier molecular flexibility index (Phi) is 12.5. The van der Waals surface area contributed by atoms with Crippen molar-refractivity contribution < 1.29 is 94.1 Å². The summed E-state index contributed by atoms with van der Waals surface area (Å²) in [7, 11) is 1.33. The van der Waals surface area contributed by atoms with E-state index in [1.165, 1.54) is 31.4 Å². The molecule has 0 saturated carbocycles. The Morgan fingerprint density at radius 1 is 0.851 bits per heavy atom. The van der Waals surface area contributed by atoms with Crippen LogP contribution in [0.4, 0.5) is 0 Å². The van der Waals surface area contributed by atoms with Gasteiger partial charge in [0.25, 0.3) is 0 Å². The van der Waals surface area contributed by atoms with Crippen LogP contribution in [0.5, 0.6) is 11.5 Å². The number of methoxy groups -OCH3 is 1. The molecule has 3 fully saturated rings. The highest BCUT2D eigenvalue weighted by molar-refractivity contribution is 5.87. The molecule has 0 aliphatic carbocycles. The maximum Gasteiger partial charge on any atom is 0.330 e. The molecule has 0 unspecified atom stereocenters. The van der Waals surface area contributed by atoms with Crippen LogP contribution in [0, 0.1) is 0 Å². The quantitative estimate of drug-likeness (QED) is 0.0724. The Balaban J connectivity index is 1.55. The summed E-state index contributed by atoms with van der Waals surface area (Å²) >= 11 is 0. The first-order valence-corrected chi connectivity index (χ1v) is 14.4. The second-order valence-corrected chi connectivity index (χ2v) is 11.1. The number of aliphatic hydroxyl groups excluding tert-OH is 10. The summed E-state index contributed by atoms with van der Waals surface area (Å²) in [5.41, 5.74) is 0.439. The van der Waals surface area contributed by atoms with Gasteiger partial charge < -0.3 is 89.3 Å². The van der Waals surface area contributed by atoms with Gasteiger partial charge in [-0.3, -0.25) is 0 Å². The molecule has 1 aromatic rings. The number of phenols is 1. The number of carbonyl (C=O) groups is 1. The van der Waals surface area contributed by atoms with Crippen molar-refractivity contribution in [3.63, 3.8) is 0 Å². The van der Waals surface area contributed by atoms with E-state index in [1.54, 1.807) is 0 Å². The molecule has 19 heteroatoms. The van der Waals surface area contributed by atoms with Gasteiger partial charge in [-0.1, -0.05) is 6.07 Å². The van der Waals surface area contributed by atoms with Crippen LogP contribution in [-0.2, 0) is 33.2 Å². The molecule has 4 rings (SSSR count). The summed E-state index contributed by atoms with van der Waals surface area (Å²) in [5, 5.41) is 112. The van der Waals surface area contributed by atoms with E-state index in [9.17, 15) is 61.0 Å². The Morgan fingerprint density at radius 2 is 1.51 bits per heavy atom. The molecule has 0 spiro atoms. The van der Waals surface area contributed by atoms with Gasteiger partial charge in [-0.2, -0.15) is 0 Å². The maximum atomic E-state index is 12.6. The van der Waals surface area contributed by atoms with Crippen LogP contribution < -0.4 is 4.74 Å². The average molecular weight is 681 g/mol. The number of phenolic OH excluding ortho intramolecular Hbond substituents is 1. The molecule has 3 aliphatic rings. The number of aliphatic hydroxyl groups is 10. The molecule has 19 nitrogen and oxygen atoms in total. The van der Waals surface area contributed by atoms with E-state index in [0.29, 0.717) is 5.56 Å². The smallest absolute Gasteiger partial charge is 0.330 e. The van der Waals surface area contributed by atoms with Gasteiger partial charge in [0.05, 0.1) is 20.3 Å². The van der Waals surface area contributed by atoms with E-state index in [4.69, 9.17) is 33.2 Å². The second kappa shape index (κ2) is 15.8. The lowest BCUT2D eigenvalue weighted by Crippen LogP contribution is -2.66. The van der Waals surface area contributed by atoms with Crippen molar-refractivity contribution in [3.05, 3.63) is 29.8 Å². The predicted molar refractivity (Wildman–Crippen MR) is 149 cm³/mol. The summed E-state index contributed by atoms with van der Waals surface area (Å²) in [6.07, 6.45) is -21.0. The van der Waals surface area contributed by atoms with Crippen LogP contribution in [0.1, 0.15) is 5.56 Å². The van der Waals surface area contributed by atoms with Crippen LogP contribution in [0.25, 0.3) is 6.08 Å². The number of hydrogen-bond donors (Lipinski definition) is 11. The zero-order valence-electron chi connectivity index (χ0n) is 24.9. The maximum absolute atomic E-state index is 12.6. The van der Waals surface area contributed by atoms with Crippen LogP contribution in [0.3, 0.4) is 0 Å². The third-order valence-electron chi connectivity index (χ3n) is 8.01. The summed E-state index contributed by atoms with van der Waals surface area (Å²) < 4.78 is 37.8. The first kappa shape index (κ1) is 37.3. The standard InChI is InChI=1S/C28H40O19/c1-41-13-6-11(2-4-12(13)32)3-5-17(33)42-9-16-24(45-26-22(38)20(36)18(34)14(7-29)43-26)21(37)23(39)27(44-16)47-28(10-31)25(40)19(35)15(8-30)46-28/h2-6,14-16,18-27,29-32,34-40H,7-10H2,1H3/t14-,15-,16-,18-,19-,20+,21-,22-,23-,24-,25+,26+,27-,28+/m1/s1. The molecule has 0 aromatic heterocycles. The SMILES string of the molecule is COc1cc(C=CC(=O)OC[C@H]2O[C@H](O[C@]3(CO)O[C@H](CO)[C@@H](O)[C@@H]3O)[C@H](O)[C@@H](O)[C@@H]2O[C@@H]2O[C@H](CO)[C@@H](O)[C@H](O)[C@H]2O)ccc1O. The first-order valence-electron chi connectivity index (χ1n) is 14.4. The van der Waals surface area contributed by atoms with Crippen molar-refractivity contribution in [2.75, 3.05) is 33.5 Å². The predicted octanol–water partition coefficient (Wildman–Crippen LogP) is -5.59. The van der Waals surface area contributed by atoms with Gasteiger partial charge in [-0.25, -0.2) is 4.79 Å². The topological polar surface area (TPSA) is 304 Å². The van der Waals surface area contributed by atoms with Crippen molar-refractivity contribution in [2.24, 2.45) is 0 Å². The van der Waals surface area contributed by atoms with Crippen molar-refractivity contribution in [1.82, 2.24) is 0 Å². The Morgan fingerprint density at radius 3 is 2.13 bits per heavy atom. The van der Waals surface area contributed by atoms with Gasteiger partial charge in [0.2, 0.25) is 5.79 Å². The highest BCUT2D eigenvalue weighted by Crippen LogP contribution is 2.37. The van der Waals surface area contributed by atoms with Crippen LogP contribution in [0.2, 0.25) is 0 Å². The van der Waals surface area contributed by atoms with Gasteiger partial charge in [0.1, 0.15) is 80.4 Å². The lowest BCUT2D eigenvalue weighted by atomic mass is 9.96. The number of aromatic hydroxyl groups is 1. The highest BCUT2D eigenvalue weighted by Gasteiger charge is 2.59. The third-order valence-corrected chi connectivity index (χ3v) is 8.01. The second-order valence-electron chi connectivity index (χ2n) is 11.1. The molecule has 3 saturated heterocycles. The third kappa shape index (κ3) is 7.85. The molecule has 47 heavy (non-hydrogen) atoms. The minimum atomic E-state index is -2.46. The minimum Gasteiger partial charge on any atom is -0.504 e. The molecule has 0 radical (unpaired) electrons.